The largest absolute Gasteiger partial charge is 0.469 e. The summed E-state index contributed by atoms with van der Waals surface area (Å²) in [7, 11) is 1.32. The van der Waals surface area contributed by atoms with Crippen LogP contribution < -0.4 is 5.32 Å². The topological polar surface area (TPSA) is 41.6 Å². The van der Waals surface area contributed by atoms with Gasteiger partial charge in [0, 0.05) is 25.6 Å². The van der Waals surface area contributed by atoms with E-state index in [1.807, 2.05) is 6.92 Å². The van der Waals surface area contributed by atoms with Gasteiger partial charge in [-0.15, -0.1) is 0 Å². The summed E-state index contributed by atoms with van der Waals surface area (Å²) < 4.78 is 41.2. The molecule has 1 saturated heterocycles. The lowest BCUT2D eigenvalue weighted by Gasteiger charge is -2.37. The van der Waals surface area contributed by atoms with E-state index in [0.717, 1.165) is 13.1 Å². The number of carbonyl (C=O) groups is 1. The molecule has 1 rings (SSSR count). The molecule has 4 nitrogen and oxygen atoms in total. The number of esters is 1. The van der Waals surface area contributed by atoms with Crippen molar-refractivity contribution in [2.45, 2.75) is 32.0 Å². The van der Waals surface area contributed by atoms with Crippen LogP contribution in [0, 0.1) is 5.92 Å². The van der Waals surface area contributed by atoms with Crippen molar-refractivity contribution in [2.75, 3.05) is 33.3 Å². The molecule has 0 bridgehead atoms. The van der Waals surface area contributed by atoms with Gasteiger partial charge in [-0.3, -0.25) is 4.79 Å². The molecule has 7 heteroatoms. The summed E-state index contributed by atoms with van der Waals surface area (Å²) in [6.45, 7) is 3.06. The van der Waals surface area contributed by atoms with E-state index in [-0.39, 0.29) is 24.3 Å². The first-order chi connectivity index (χ1) is 8.84. The van der Waals surface area contributed by atoms with Crippen LogP contribution in [0.4, 0.5) is 13.2 Å². The summed E-state index contributed by atoms with van der Waals surface area (Å²) in [4.78, 5) is 13.3. The molecule has 1 aliphatic heterocycles. The molecular formula is C12H21F3N2O2. The summed E-state index contributed by atoms with van der Waals surface area (Å²) in [5.41, 5.74) is 0. The molecule has 19 heavy (non-hydrogen) atoms. The molecule has 0 amide bonds. The minimum Gasteiger partial charge on any atom is -0.469 e. The van der Waals surface area contributed by atoms with E-state index >= 15 is 0 Å². The molecule has 1 N–H and O–H groups in total. The molecule has 0 spiro atoms. The van der Waals surface area contributed by atoms with Crippen LogP contribution in [0.3, 0.4) is 0 Å². The van der Waals surface area contributed by atoms with Gasteiger partial charge in [0.15, 0.2) is 0 Å². The van der Waals surface area contributed by atoms with Gasteiger partial charge < -0.3 is 15.0 Å². The summed E-state index contributed by atoms with van der Waals surface area (Å²) in [5, 5.41) is 2.53. The van der Waals surface area contributed by atoms with Gasteiger partial charge in [0.1, 0.15) is 0 Å². The second-order valence-electron chi connectivity index (χ2n) is 4.93. The molecule has 2 atom stereocenters. The summed E-state index contributed by atoms with van der Waals surface area (Å²) in [6, 6.07) is -0.231. The van der Waals surface area contributed by atoms with E-state index in [4.69, 9.17) is 0 Å². The maximum Gasteiger partial charge on any atom is 0.401 e. The lowest BCUT2D eigenvalue weighted by molar-refractivity contribution is -0.142. The molecule has 0 aromatic rings. The number of alkyl halides is 3. The smallest absolute Gasteiger partial charge is 0.401 e. The number of halogens is 3. The molecule has 0 aromatic heterocycles. The fraction of sp³-hybridized carbons (Fsp3) is 0.917. The maximum atomic E-state index is 12.2. The summed E-state index contributed by atoms with van der Waals surface area (Å²) in [6.07, 6.45) is -3.37. The summed E-state index contributed by atoms with van der Waals surface area (Å²) >= 11 is 0. The zero-order valence-electron chi connectivity index (χ0n) is 11.3. The Morgan fingerprint density at radius 2 is 2.11 bits per heavy atom. The third-order valence-electron chi connectivity index (χ3n) is 3.33. The number of hydrogen-bond acceptors (Lipinski definition) is 4. The van der Waals surface area contributed by atoms with Crippen LogP contribution in [-0.2, 0) is 9.53 Å². The Labute approximate surface area is 111 Å². The van der Waals surface area contributed by atoms with E-state index in [2.05, 4.69) is 15.0 Å². The van der Waals surface area contributed by atoms with Gasteiger partial charge in [-0.2, -0.15) is 13.2 Å². The number of rotatable bonds is 5. The van der Waals surface area contributed by atoms with Crippen LogP contribution in [-0.4, -0.2) is 56.4 Å². The van der Waals surface area contributed by atoms with Gasteiger partial charge in [0.25, 0.3) is 0 Å². The molecule has 1 fully saturated rings. The normalized spacial score (nSPS) is 25.3. The van der Waals surface area contributed by atoms with E-state index in [1.54, 1.807) is 0 Å². The zero-order chi connectivity index (χ0) is 14.5. The molecule has 0 radical (unpaired) electrons. The average Bonchev–Trinajstić information content (AvgIpc) is 2.35. The highest BCUT2D eigenvalue weighted by molar-refractivity contribution is 5.69. The number of ether oxygens (including phenoxy) is 1. The van der Waals surface area contributed by atoms with Gasteiger partial charge in [-0.05, 0) is 18.9 Å². The van der Waals surface area contributed by atoms with Gasteiger partial charge in [-0.25, -0.2) is 0 Å². The molecule has 2 unspecified atom stereocenters. The van der Waals surface area contributed by atoms with Crippen molar-refractivity contribution in [3.05, 3.63) is 0 Å². The first-order valence-electron chi connectivity index (χ1n) is 6.43. The number of likely N-dealkylation sites (tertiary alicyclic amines) is 1. The fourth-order valence-corrected chi connectivity index (χ4v) is 2.44. The van der Waals surface area contributed by atoms with Crippen LogP contribution in [0.2, 0.25) is 0 Å². The van der Waals surface area contributed by atoms with Crippen molar-refractivity contribution in [1.29, 1.82) is 0 Å². The van der Waals surface area contributed by atoms with E-state index in [9.17, 15) is 18.0 Å². The number of methoxy groups -OCH3 is 1. The third-order valence-corrected chi connectivity index (χ3v) is 3.33. The number of nitrogens with zero attached hydrogens (tertiary/aromatic N) is 1. The number of nitrogens with one attached hydrogen (secondary N) is 1. The Morgan fingerprint density at radius 3 is 2.63 bits per heavy atom. The van der Waals surface area contributed by atoms with E-state index < -0.39 is 12.7 Å². The van der Waals surface area contributed by atoms with Gasteiger partial charge in [0.2, 0.25) is 0 Å². The Morgan fingerprint density at radius 1 is 1.42 bits per heavy atom. The highest BCUT2D eigenvalue weighted by Gasteiger charge is 2.32. The van der Waals surface area contributed by atoms with Crippen molar-refractivity contribution < 1.29 is 22.7 Å². The fourth-order valence-electron chi connectivity index (χ4n) is 2.44. The standard InChI is InChI=1S/C12H21F3N2O2/c1-3-17-6-9(5-11(18)19-2)4-10(7-17)16-8-12(13,14)15/h9-10,16H,3-8H2,1-2H3. The number of likely N-dealkylation sites (N-methyl/N-ethyl adjacent to an activating group) is 1. The highest BCUT2D eigenvalue weighted by atomic mass is 19.4. The van der Waals surface area contributed by atoms with Crippen LogP contribution in [0.15, 0.2) is 0 Å². The Balaban J connectivity index is 2.50. The van der Waals surface area contributed by atoms with Gasteiger partial charge in [0.05, 0.1) is 13.7 Å². The van der Waals surface area contributed by atoms with E-state index in [0.29, 0.717) is 13.0 Å². The van der Waals surface area contributed by atoms with Crippen molar-refractivity contribution in [2.24, 2.45) is 5.92 Å². The molecule has 0 aliphatic carbocycles. The lowest BCUT2D eigenvalue weighted by Crippen LogP contribution is -2.51. The summed E-state index contributed by atoms with van der Waals surface area (Å²) in [5.74, 6) is -0.260. The van der Waals surface area contributed by atoms with Crippen LogP contribution in [0.5, 0.6) is 0 Å². The highest BCUT2D eigenvalue weighted by Crippen LogP contribution is 2.21. The number of carbonyl (C=O) groups excluding carboxylic acids is 1. The first-order valence-corrected chi connectivity index (χ1v) is 6.43. The van der Waals surface area contributed by atoms with Crippen molar-refractivity contribution in [1.82, 2.24) is 10.2 Å². The molecule has 1 aliphatic rings. The quantitative estimate of drug-likeness (QED) is 0.774. The SMILES string of the molecule is CCN1CC(CC(=O)OC)CC(NCC(F)(F)F)C1. The van der Waals surface area contributed by atoms with E-state index in [1.165, 1.54) is 7.11 Å². The Bertz CT molecular complexity index is 297. The molecule has 1 heterocycles. The molecule has 112 valence electrons. The van der Waals surface area contributed by atoms with Gasteiger partial charge in [-0.1, -0.05) is 6.92 Å². The monoisotopic (exact) mass is 282 g/mol. The van der Waals surface area contributed by atoms with Crippen LogP contribution in [0.1, 0.15) is 19.8 Å². The van der Waals surface area contributed by atoms with Crippen LogP contribution in [0.25, 0.3) is 0 Å². The minimum atomic E-state index is -4.20. The molecular weight excluding hydrogens is 261 g/mol. The molecule has 0 aromatic carbocycles. The third kappa shape index (κ3) is 6.24. The Hall–Kier alpha value is -0.820. The predicted octanol–water partition coefficient (Wildman–Crippen LogP) is 1.41. The van der Waals surface area contributed by atoms with Crippen molar-refractivity contribution >= 4 is 5.97 Å². The number of hydrogen-bond donors (Lipinski definition) is 1. The maximum absolute atomic E-state index is 12.2. The molecule has 0 saturated carbocycles. The van der Waals surface area contributed by atoms with Gasteiger partial charge >= 0.3 is 12.1 Å². The Kier molecular flexibility index (Phi) is 6.06. The minimum absolute atomic E-state index is 0.0480. The zero-order valence-corrected chi connectivity index (χ0v) is 11.3. The first kappa shape index (κ1) is 16.2. The average molecular weight is 282 g/mol. The second-order valence-corrected chi connectivity index (χ2v) is 4.93. The second kappa shape index (κ2) is 7.09. The van der Waals surface area contributed by atoms with Crippen molar-refractivity contribution in [3.8, 4) is 0 Å². The lowest BCUT2D eigenvalue weighted by atomic mass is 9.91. The van der Waals surface area contributed by atoms with Crippen molar-refractivity contribution in [3.63, 3.8) is 0 Å². The number of piperidine rings is 1. The predicted molar refractivity (Wildman–Crippen MR) is 64.7 cm³/mol. The van der Waals surface area contributed by atoms with Crippen LogP contribution >= 0.6 is 0 Å².